The summed E-state index contributed by atoms with van der Waals surface area (Å²) in [7, 11) is 1.49. The molecular formula is C14H14N2O2. The molecule has 2 aromatic rings. The molecule has 92 valence electrons. The Balaban J connectivity index is 2.09. The molecule has 1 aromatic carbocycles. The van der Waals surface area contributed by atoms with Crippen LogP contribution in [0.2, 0.25) is 0 Å². The molecule has 0 unspecified atom stereocenters. The molecule has 1 aromatic heterocycles. The van der Waals surface area contributed by atoms with Crippen LogP contribution in [0.5, 0.6) is 0 Å². The number of pyridine rings is 1. The molecule has 4 heteroatoms. The quantitative estimate of drug-likeness (QED) is 0.895. The number of hydrogen-bond donors (Lipinski definition) is 1. The Morgan fingerprint density at radius 3 is 2.61 bits per heavy atom. The fourth-order valence-corrected chi connectivity index (χ4v) is 1.61. The molecule has 1 amide bonds. The third-order valence-corrected chi connectivity index (χ3v) is 2.44. The minimum Gasteiger partial charge on any atom is -0.375 e. The van der Waals surface area contributed by atoms with E-state index < -0.39 is 0 Å². The van der Waals surface area contributed by atoms with Crippen molar-refractivity contribution in [3.63, 3.8) is 0 Å². The summed E-state index contributed by atoms with van der Waals surface area (Å²) in [5, 5.41) is 2.74. The Labute approximate surface area is 106 Å². The second-order valence-corrected chi connectivity index (χ2v) is 3.80. The van der Waals surface area contributed by atoms with Crippen LogP contribution in [-0.4, -0.2) is 24.6 Å². The molecule has 1 N–H and O–H groups in total. The molecule has 0 fully saturated rings. The van der Waals surface area contributed by atoms with Gasteiger partial charge in [-0.25, -0.2) is 0 Å². The number of carbonyl (C=O) groups excluding carboxylic acids is 1. The number of ether oxygens (including phenoxy) is 1. The zero-order valence-corrected chi connectivity index (χ0v) is 10.1. The van der Waals surface area contributed by atoms with Gasteiger partial charge in [-0.15, -0.1) is 0 Å². The molecule has 0 spiro atoms. The zero-order valence-electron chi connectivity index (χ0n) is 10.1. The zero-order chi connectivity index (χ0) is 12.8. The van der Waals surface area contributed by atoms with Crippen molar-refractivity contribution in [3.8, 4) is 11.1 Å². The summed E-state index contributed by atoms with van der Waals surface area (Å²) < 4.78 is 4.75. The Kier molecular flexibility index (Phi) is 4.04. The SMILES string of the molecule is COCC(=O)Nc1ccc(-c2cccnc2)cc1. The Morgan fingerprint density at radius 2 is 2.00 bits per heavy atom. The highest BCUT2D eigenvalue weighted by Gasteiger charge is 2.02. The highest BCUT2D eigenvalue weighted by Crippen LogP contribution is 2.20. The molecule has 0 aliphatic heterocycles. The van der Waals surface area contributed by atoms with E-state index in [-0.39, 0.29) is 12.5 Å². The Hall–Kier alpha value is -2.20. The summed E-state index contributed by atoms with van der Waals surface area (Å²) in [5.41, 5.74) is 2.87. The topological polar surface area (TPSA) is 51.2 Å². The number of aromatic nitrogens is 1. The van der Waals surface area contributed by atoms with E-state index in [0.717, 1.165) is 16.8 Å². The summed E-state index contributed by atoms with van der Waals surface area (Å²) in [4.78, 5) is 15.4. The third kappa shape index (κ3) is 3.15. The molecule has 0 aliphatic carbocycles. The fourth-order valence-electron chi connectivity index (χ4n) is 1.61. The van der Waals surface area contributed by atoms with Gasteiger partial charge in [-0.3, -0.25) is 9.78 Å². The molecule has 0 aliphatic rings. The summed E-state index contributed by atoms with van der Waals surface area (Å²) in [6, 6.07) is 11.5. The van der Waals surface area contributed by atoms with Gasteiger partial charge in [0, 0.05) is 25.2 Å². The maximum absolute atomic E-state index is 11.3. The molecule has 0 radical (unpaired) electrons. The van der Waals surface area contributed by atoms with Crippen LogP contribution >= 0.6 is 0 Å². The van der Waals surface area contributed by atoms with E-state index in [1.54, 1.807) is 12.4 Å². The number of carbonyl (C=O) groups is 1. The number of rotatable bonds is 4. The normalized spacial score (nSPS) is 10.1. The van der Waals surface area contributed by atoms with Gasteiger partial charge in [0.25, 0.3) is 0 Å². The van der Waals surface area contributed by atoms with E-state index in [1.165, 1.54) is 7.11 Å². The smallest absolute Gasteiger partial charge is 0.250 e. The van der Waals surface area contributed by atoms with Crippen molar-refractivity contribution in [1.82, 2.24) is 4.98 Å². The molecule has 0 bridgehead atoms. The summed E-state index contributed by atoms with van der Waals surface area (Å²) in [5.74, 6) is -0.161. The van der Waals surface area contributed by atoms with E-state index in [9.17, 15) is 4.79 Å². The second-order valence-electron chi connectivity index (χ2n) is 3.80. The molecule has 2 rings (SSSR count). The van der Waals surface area contributed by atoms with Gasteiger partial charge in [-0.05, 0) is 29.3 Å². The van der Waals surface area contributed by atoms with E-state index >= 15 is 0 Å². The predicted molar refractivity (Wildman–Crippen MR) is 70.2 cm³/mol. The van der Waals surface area contributed by atoms with Crippen LogP contribution in [0.4, 0.5) is 5.69 Å². The van der Waals surface area contributed by atoms with Gasteiger partial charge in [0.2, 0.25) is 5.91 Å². The first kappa shape index (κ1) is 12.3. The van der Waals surface area contributed by atoms with Crippen molar-refractivity contribution in [1.29, 1.82) is 0 Å². The highest BCUT2D eigenvalue weighted by atomic mass is 16.5. The largest absolute Gasteiger partial charge is 0.375 e. The van der Waals surface area contributed by atoms with Crippen molar-refractivity contribution < 1.29 is 9.53 Å². The van der Waals surface area contributed by atoms with Gasteiger partial charge in [-0.2, -0.15) is 0 Å². The molecule has 0 atom stereocenters. The minimum atomic E-state index is -0.161. The average Bonchev–Trinajstić information content (AvgIpc) is 2.41. The summed E-state index contributed by atoms with van der Waals surface area (Å²) in [6.07, 6.45) is 3.54. The average molecular weight is 242 g/mol. The first-order chi connectivity index (χ1) is 8.79. The van der Waals surface area contributed by atoms with E-state index in [0.29, 0.717) is 0 Å². The van der Waals surface area contributed by atoms with Crippen molar-refractivity contribution in [2.75, 3.05) is 19.0 Å². The molecule has 0 saturated carbocycles. The maximum atomic E-state index is 11.3. The van der Waals surface area contributed by atoms with Gasteiger partial charge in [0.05, 0.1) is 0 Å². The number of nitrogens with zero attached hydrogens (tertiary/aromatic N) is 1. The van der Waals surface area contributed by atoms with Crippen LogP contribution in [0, 0.1) is 0 Å². The van der Waals surface area contributed by atoms with Crippen molar-refractivity contribution in [3.05, 3.63) is 48.8 Å². The lowest BCUT2D eigenvalue weighted by molar-refractivity contribution is -0.119. The van der Waals surface area contributed by atoms with Gasteiger partial charge >= 0.3 is 0 Å². The lowest BCUT2D eigenvalue weighted by atomic mass is 10.1. The number of amides is 1. The summed E-state index contributed by atoms with van der Waals surface area (Å²) >= 11 is 0. The molecule has 18 heavy (non-hydrogen) atoms. The van der Waals surface area contributed by atoms with E-state index in [1.807, 2.05) is 36.4 Å². The van der Waals surface area contributed by atoms with Gasteiger partial charge < -0.3 is 10.1 Å². The van der Waals surface area contributed by atoms with Crippen LogP contribution in [0.3, 0.4) is 0 Å². The number of anilines is 1. The van der Waals surface area contributed by atoms with Crippen molar-refractivity contribution >= 4 is 11.6 Å². The van der Waals surface area contributed by atoms with Crippen LogP contribution in [0.25, 0.3) is 11.1 Å². The monoisotopic (exact) mass is 242 g/mol. The highest BCUT2D eigenvalue weighted by molar-refractivity contribution is 5.91. The lowest BCUT2D eigenvalue weighted by Gasteiger charge is -2.06. The lowest BCUT2D eigenvalue weighted by Crippen LogP contribution is -2.16. The molecule has 4 nitrogen and oxygen atoms in total. The van der Waals surface area contributed by atoms with Crippen molar-refractivity contribution in [2.45, 2.75) is 0 Å². The predicted octanol–water partition coefficient (Wildman–Crippen LogP) is 2.33. The number of benzene rings is 1. The number of nitrogens with one attached hydrogen (secondary N) is 1. The van der Waals surface area contributed by atoms with Crippen LogP contribution in [0.1, 0.15) is 0 Å². The second kappa shape index (κ2) is 5.93. The van der Waals surface area contributed by atoms with Crippen LogP contribution in [-0.2, 0) is 9.53 Å². The third-order valence-electron chi connectivity index (χ3n) is 2.44. The molecule has 0 saturated heterocycles. The minimum absolute atomic E-state index is 0.0599. The van der Waals surface area contributed by atoms with Gasteiger partial charge in [0.1, 0.15) is 6.61 Å². The van der Waals surface area contributed by atoms with Gasteiger partial charge in [-0.1, -0.05) is 18.2 Å². The van der Waals surface area contributed by atoms with Crippen molar-refractivity contribution in [2.24, 2.45) is 0 Å². The number of methoxy groups -OCH3 is 1. The van der Waals surface area contributed by atoms with E-state index in [4.69, 9.17) is 4.74 Å². The molecule has 1 heterocycles. The Bertz CT molecular complexity index is 509. The van der Waals surface area contributed by atoms with Crippen LogP contribution in [0.15, 0.2) is 48.8 Å². The first-order valence-corrected chi connectivity index (χ1v) is 5.59. The fraction of sp³-hybridized carbons (Fsp3) is 0.143. The molecular weight excluding hydrogens is 228 g/mol. The first-order valence-electron chi connectivity index (χ1n) is 5.59. The maximum Gasteiger partial charge on any atom is 0.250 e. The van der Waals surface area contributed by atoms with Gasteiger partial charge in [0.15, 0.2) is 0 Å². The van der Waals surface area contributed by atoms with E-state index in [2.05, 4.69) is 10.3 Å². The van der Waals surface area contributed by atoms with Crippen LogP contribution < -0.4 is 5.32 Å². The Morgan fingerprint density at radius 1 is 1.22 bits per heavy atom. The standard InChI is InChI=1S/C14H14N2O2/c1-18-10-14(17)16-13-6-4-11(5-7-13)12-3-2-8-15-9-12/h2-9H,10H2,1H3,(H,16,17). The number of hydrogen-bond acceptors (Lipinski definition) is 3. The summed E-state index contributed by atoms with van der Waals surface area (Å²) in [6.45, 7) is 0.0599.